The lowest BCUT2D eigenvalue weighted by Gasteiger charge is -2.23. The number of benzene rings is 1. The summed E-state index contributed by atoms with van der Waals surface area (Å²) in [6, 6.07) is 10.6. The van der Waals surface area contributed by atoms with Crippen LogP contribution in [0.2, 0.25) is 0 Å². The molecule has 7 heteroatoms. The van der Waals surface area contributed by atoms with Gasteiger partial charge in [-0.1, -0.05) is 18.2 Å². The molecule has 1 aromatic heterocycles. The van der Waals surface area contributed by atoms with Crippen LogP contribution in [0.1, 0.15) is 30.2 Å². The number of aromatic nitrogens is 1. The first-order valence-electron chi connectivity index (χ1n) is 8.96. The molecule has 0 saturated heterocycles. The molecule has 0 aliphatic heterocycles. The van der Waals surface area contributed by atoms with Crippen LogP contribution in [0, 0.1) is 6.92 Å². The van der Waals surface area contributed by atoms with E-state index in [1.165, 1.54) is 10.6 Å². The molecule has 0 saturated carbocycles. The molecule has 0 spiro atoms. The van der Waals surface area contributed by atoms with E-state index in [1.54, 1.807) is 11.3 Å². The largest absolute Gasteiger partial charge is 0.372 e. The van der Waals surface area contributed by atoms with Gasteiger partial charge in [-0.05, 0) is 39.3 Å². The van der Waals surface area contributed by atoms with Gasteiger partial charge in [0.15, 0.2) is 5.96 Å². The third-order valence-corrected chi connectivity index (χ3v) is 4.70. The zero-order valence-corrected chi connectivity index (χ0v) is 19.0. The first-order chi connectivity index (χ1) is 12.2. The highest BCUT2D eigenvalue weighted by atomic mass is 127. The number of para-hydroxylation sites is 1. The van der Waals surface area contributed by atoms with E-state index in [4.69, 9.17) is 0 Å². The van der Waals surface area contributed by atoms with E-state index in [-0.39, 0.29) is 24.0 Å². The molecular formula is C19H30IN5S. The van der Waals surface area contributed by atoms with E-state index in [0.29, 0.717) is 6.54 Å². The monoisotopic (exact) mass is 487 g/mol. The Hall–Kier alpha value is -1.35. The Morgan fingerprint density at radius 2 is 1.96 bits per heavy atom. The van der Waals surface area contributed by atoms with Crippen molar-refractivity contribution < 1.29 is 0 Å². The number of rotatable bonds is 9. The van der Waals surface area contributed by atoms with Gasteiger partial charge < -0.3 is 15.5 Å². The van der Waals surface area contributed by atoms with Crippen LogP contribution in [-0.4, -0.2) is 37.1 Å². The number of halogens is 1. The van der Waals surface area contributed by atoms with E-state index >= 15 is 0 Å². The highest BCUT2D eigenvalue weighted by molar-refractivity contribution is 14.0. The standard InChI is InChI=1S/C19H29N5S.HI/c1-4-20-19(23-15-18-14-22-16(3)25-18)21-12-9-13-24(5-2)17-10-7-6-8-11-17;/h6-8,10-11,14H,4-5,9,12-13,15H2,1-3H3,(H2,20,21,23);1H. The summed E-state index contributed by atoms with van der Waals surface area (Å²) in [5, 5.41) is 7.81. The Morgan fingerprint density at radius 3 is 2.58 bits per heavy atom. The number of hydrogen-bond donors (Lipinski definition) is 2. The number of anilines is 1. The van der Waals surface area contributed by atoms with Crippen LogP contribution in [0.3, 0.4) is 0 Å². The molecule has 1 aromatic carbocycles. The Kier molecular flexibility index (Phi) is 11.3. The van der Waals surface area contributed by atoms with Crippen LogP contribution in [0.25, 0.3) is 0 Å². The predicted octanol–water partition coefficient (Wildman–Crippen LogP) is 4.04. The van der Waals surface area contributed by atoms with E-state index in [2.05, 4.69) is 69.7 Å². The Morgan fingerprint density at radius 1 is 1.19 bits per heavy atom. The van der Waals surface area contributed by atoms with E-state index in [0.717, 1.165) is 43.6 Å². The van der Waals surface area contributed by atoms with E-state index in [9.17, 15) is 0 Å². The molecule has 0 fully saturated rings. The fourth-order valence-corrected chi connectivity index (χ4v) is 3.28. The van der Waals surface area contributed by atoms with Gasteiger partial charge in [0.05, 0.1) is 11.6 Å². The van der Waals surface area contributed by atoms with Crippen LogP contribution in [0.15, 0.2) is 41.5 Å². The molecule has 0 bridgehead atoms. The second-order valence-electron chi connectivity index (χ2n) is 5.74. The molecule has 0 unspecified atom stereocenters. The van der Waals surface area contributed by atoms with Crippen molar-refractivity contribution in [2.75, 3.05) is 31.1 Å². The lowest BCUT2D eigenvalue weighted by molar-refractivity contribution is 0.709. The van der Waals surface area contributed by atoms with Crippen molar-refractivity contribution in [1.82, 2.24) is 15.6 Å². The minimum atomic E-state index is 0. The third kappa shape index (κ3) is 7.90. The molecule has 1 heterocycles. The van der Waals surface area contributed by atoms with Crippen molar-refractivity contribution in [1.29, 1.82) is 0 Å². The number of nitrogens with one attached hydrogen (secondary N) is 2. The van der Waals surface area contributed by atoms with Crippen molar-refractivity contribution in [3.63, 3.8) is 0 Å². The van der Waals surface area contributed by atoms with Crippen LogP contribution >= 0.6 is 35.3 Å². The van der Waals surface area contributed by atoms with Crippen LogP contribution in [-0.2, 0) is 6.54 Å². The highest BCUT2D eigenvalue weighted by Crippen LogP contribution is 2.13. The maximum atomic E-state index is 4.64. The first-order valence-corrected chi connectivity index (χ1v) is 9.78. The highest BCUT2D eigenvalue weighted by Gasteiger charge is 2.04. The smallest absolute Gasteiger partial charge is 0.191 e. The zero-order valence-electron chi connectivity index (χ0n) is 15.9. The number of aliphatic imine (C=N–C) groups is 1. The molecule has 0 amide bonds. The normalized spacial score (nSPS) is 11.0. The van der Waals surface area contributed by atoms with Gasteiger partial charge in [-0.2, -0.15) is 0 Å². The van der Waals surface area contributed by atoms with Crippen molar-refractivity contribution in [2.45, 2.75) is 33.7 Å². The van der Waals surface area contributed by atoms with Crippen molar-refractivity contribution >= 4 is 47.0 Å². The molecule has 5 nitrogen and oxygen atoms in total. The molecule has 0 aliphatic rings. The summed E-state index contributed by atoms with van der Waals surface area (Å²) in [5.74, 6) is 0.872. The maximum absolute atomic E-state index is 4.64. The SMILES string of the molecule is CCNC(=NCc1cnc(C)s1)NCCCN(CC)c1ccccc1.I. The molecule has 26 heavy (non-hydrogen) atoms. The minimum absolute atomic E-state index is 0. The molecule has 2 N–H and O–H groups in total. The van der Waals surface area contributed by atoms with Gasteiger partial charge in [0.2, 0.25) is 0 Å². The molecule has 2 aromatic rings. The number of aryl methyl sites for hydroxylation is 1. The molecule has 0 aliphatic carbocycles. The average molecular weight is 487 g/mol. The van der Waals surface area contributed by atoms with Crippen LogP contribution in [0.4, 0.5) is 5.69 Å². The average Bonchev–Trinajstić information content (AvgIpc) is 3.05. The van der Waals surface area contributed by atoms with Crippen LogP contribution < -0.4 is 15.5 Å². The second kappa shape index (κ2) is 12.9. The van der Waals surface area contributed by atoms with E-state index < -0.39 is 0 Å². The number of thiazole rings is 1. The fourth-order valence-electron chi connectivity index (χ4n) is 2.56. The number of hydrogen-bond acceptors (Lipinski definition) is 4. The summed E-state index contributed by atoms with van der Waals surface area (Å²) in [6.45, 7) is 10.8. The van der Waals surface area contributed by atoms with Crippen molar-refractivity contribution in [3.8, 4) is 0 Å². The second-order valence-corrected chi connectivity index (χ2v) is 7.06. The van der Waals surface area contributed by atoms with Gasteiger partial charge in [0, 0.05) is 42.9 Å². The topological polar surface area (TPSA) is 52.6 Å². The Bertz CT molecular complexity index is 644. The van der Waals surface area contributed by atoms with Crippen molar-refractivity contribution in [2.24, 2.45) is 4.99 Å². The number of guanidine groups is 1. The molecule has 0 atom stereocenters. The molecule has 144 valence electrons. The van der Waals surface area contributed by atoms with Gasteiger partial charge in [0.25, 0.3) is 0 Å². The van der Waals surface area contributed by atoms with Gasteiger partial charge in [-0.15, -0.1) is 35.3 Å². The molecular weight excluding hydrogens is 457 g/mol. The minimum Gasteiger partial charge on any atom is -0.372 e. The summed E-state index contributed by atoms with van der Waals surface area (Å²) in [6.07, 6.45) is 2.97. The molecule has 2 rings (SSSR count). The summed E-state index contributed by atoms with van der Waals surface area (Å²) in [7, 11) is 0. The van der Waals surface area contributed by atoms with Gasteiger partial charge in [-0.3, -0.25) is 0 Å². The molecule has 0 radical (unpaired) electrons. The quantitative estimate of drug-likeness (QED) is 0.243. The predicted molar refractivity (Wildman–Crippen MR) is 124 cm³/mol. The summed E-state index contributed by atoms with van der Waals surface area (Å²) in [5.41, 5.74) is 1.28. The lowest BCUT2D eigenvalue weighted by Crippen LogP contribution is -2.38. The summed E-state index contributed by atoms with van der Waals surface area (Å²) < 4.78 is 0. The fraction of sp³-hybridized carbons (Fsp3) is 0.474. The van der Waals surface area contributed by atoms with Crippen LogP contribution in [0.5, 0.6) is 0 Å². The Balaban J connectivity index is 0.00000338. The third-order valence-electron chi connectivity index (χ3n) is 3.81. The Labute approximate surface area is 178 Å². The summed E-state index contributed by atoms with van der Waals surface area (Å²) in [4.78, 5) is 12.5. The summed E-state index contributed by atoms with van der Waals surface area (Å²) >= 11 is 1.70. The van der Waals surface area contributed by atoms with E-state index in [1.807, 2.05) is 13.1 Å². The first kappa shape index (κ1) is 22.7. The van der Waals surface area contributed by atoms with Gasteiger partial charge in [0.1, 0.15) is 0 Å². The van der Waals surface area contributed by atoms with Crippen molar-refractivity contribution in [3.05, 3.63) is 46.4 Å². The van der Waals surface area contributed by atoms with Gasteiger partial charge in [-0.25, -0.2) is 9.98 Å². The maximum Gasteiger partial charge on any atom is 0.191 e. The lowest BCUT2D eigenvalue weighted by atomic mass is 10.2. The zero-order chi connectivity index (χ0) is 17.9. The van der Waals surface area contributed by atoms with Gasteiger partial charge >= 0.3 is 0 Å². The number of nitrogens with zero attached hydrogens (tertiary/aromatic N) is 3.